The van der Waals surface area contributed by atoms with E-state index in [-0.39, 0.29) is 0 Å². The molecule has 0 saturated heterocycles. The van der Waals surface area contributed by atoms with E-state index in [4.69, 9.17) is 26.8 Å². The van der Waals surface area contributed by atoms with Crippen LogP contribution in [0.2, 0.25) is 5.02 Å². The van der Waals surface area contributed by atoms with E-state index in [9.17, 15) is 5.11 Å². The van der Waals surface area contributed by atoms with E-state index in [0.717, 1.165) is 11.1 Å². The van der Waals surface area contributed by atoms with E-state index in [2.05, 4.69) is 6.92 Å². The van der Waals surface area contributed by atoms with Gasteiger partial charge in [0.25, 0.3) is 0 Å². The average molecular weight is 350 g/mol. The van der Waals surface area contributed by atoms with Gasteiger partial charge in [0, 0.05) is 10.4 Å². The summed E-state index contributed by atoms with van der Waals surface area (Å²) in [5, 5.41) is 10.5. The molecule has 0 radical (unpaired) electrons. The number of benzene rings is 2. The van der Waals surface area contributed by atoms with Crippen LogP contribution >= 0.6 is 11.6 Å². The molecule has 0 aliphatic rings. The molecule has 1 unspecified atom stereocenters. The molecule has 0 fully saturated rings. The lowest BCUT2D eigenvalue weighted by molar-refractivity contribution is 0.140. The number of aliphatic hydroxyl groups excluding tert-OH is 1. The second-order valence-corrected chi connectivity index (χ2v) is 6.59. The first kappa shape index (κ1) is 18.6. The number of rotatable bonds is 7. The molecular formula is C19H24ClNO3. The lowest BCUT2D eigenvalue weighted by Crippen LogP contribution is -2.34. The van der Waals surface area contributed by atoms with Crippen LogP contribution in [-0.2, 0) is 11.8 Å². The molecule has 3 N–H and O–H groups in total. The number of halogens is 1. The summed E-state index contributed by atoms with van der Waals surface area (Å²) in [5.74, 6) is 1.35. The number of nitrogens with two attached hydrogens (primary N) is 1. The van der Waals surface area contributed by atoms with Crippen LogP contribution in [0.3, 0.4) is 0 Å². The van der Waals surface area contributed by atoms with Crippen LogP contribution in [0.4, 0.5) is 0 Å². The molecule has 0 spiro atoms. The molecule has 0 heterocycles. The van der Waals surface area contributed by atoms with Gasteiger partial charge in [-0.2, -0.15) is 0 Å². The molecule has 0 amide bonds. The number of methoxy groups -OCH3 is 2. The quantitative estimate of drug-likeness (QED) is 0.750. The number of ether oxygens (including phenoxy) is 2. The summed E-state index contributed by atoms with van der Waals surface area (Å²) in [6.07, 6.45) is 0.127. The molecule has 2 aromatic carbocycles. The molecule has 2 atom stereocenters. The number of hydrogen-bond donors (Lipinski definition) is 2. The zero-order valence-corrected chi connectivity index (χ0v) is 15.0. The van der Waals surface area contributed by atoms with E-state index < -0.39 is 11.6 Å². The van der Waals surface area contributed by atoms with Crippen LogP contribution < -0.4 is 15.2 Å². The minimum absolute atomic E-state index is 0.394. The molecule has 2 aromatic rings. The highest BCUT2D eigenvalue weighted by Gasteiger charge is 2.31. The molecule has 2 rings (SSSR count). The third-order valence-electron chi connectivity index (χ3n) is 4.23. The van der Waals surface area contributed by atoms with Crippen molar-refractivity contribution in [2.24, 2.45) is 5.73 Å². The second kappa shape index (κ2) is 7.88. The first-order valence-corrected chi connectivity index (χ1v) is 8.17. The van der Waals surface area contributed by atoms with Gasteiger partial charge in [0.05, 0.1) is 14.2 Å². The molecule has 4 nitrogen and oxygen atoms in total. The Morgan fingerprint density at radius 1 is 1.12 bits per heavy atom. The summed E-state index contributed by atoms with van der Waals surface area (Å²) in [6.45, 7) is 2.06. The Bertz CT molecular complexity index is 690. The van der Waals surface area contributed by atoms with Crippen molar-refractivity contribution in [1.29, 1.82) is 0 Å². The van der Waals surface area contributed by atoms with Gasteiger partial charge < -0.3 is 20.3 Å². The van der Waals surface area contributed by atoms with Crippen molar-refractivity contribution in [2.45, 2.75) is 31.4 Å². The molecule has 5 heteroatoms. The SMILES string of the molecule is COc1ccc(CC(C)(C[C@H](N)O)c2ccccc2Cl)cc1OC. The van der Waals surface area contributed by atoms with E-state index >= 15 is 0 Å². The first-order valence-electron chi connectivity index (χ1n) is 7.79. The van der Waals surface area contributed by atoms with Gasteiger partial charge in [0.2, 0.25) is 0 Å². The Balaban J connectivity index is 2.41. The summed E-state index contributed by atoms with van der Waals surface area (Å²) in [5.41, 5.74) is 7.29. The maximum Gasteiger partial charge on any atom is 0.160 e. The summed E-state index contributed by atoms with van der Waals surface area (Å²) in [7, 11) is 3.22. The minimum Gasteiger partial charge on any atom is -0.493 e. The van der Waals surface area contributed by atoms with Crippen molar-refractivity contribution in [3.63, 3.8) is 0 Å². The zero-order valence-electron chi connectivity index (χ0n) is 14.3. The molecule has 0 aliphatic carbocycles. The van der Waals surface area contributed by atoms with Gasteiger partial charge in [0.15, 0.2) is 11.5 Å². The van der Waals surface area contributed by atoms with Crippen LogP contribution in [0.25, 0.3) is 0 Å². The lowest BCUT2D eigenvalue weighted by atomic mass is 9.74. The maximum absolute atomic E-state index is 9.79. The summed E-state index contributed by atoms with van der Waals surface area (Å²) in [6, 6.07) is 13.5. The van der Waals surface area contributed by atoms with Crippen molar-refractivity contribution in [1.82, 2.24) is 0 Å². The van der Waals surface area contributed by atoms with E-state index in [1.54, 1.807) is 14.2 Å². The summed E-state index contributed by atoms with van der Waals surface area (Å²) < 4.78 is 10.7. The van der Waals surface area contributed by atoms with Crippen LogP contribution in [-0.4, -0.2) is 25.6 Å². The van der Waals surface area contributed by atoms with Gasteiger partial charge in [-0.15, -0.1) is 0 Å². The highest BCUT2D eigenvalue weighted by atomic mass is 35.5. The molecule has 24 heavy (non-hydrogen) atoms. The van der Waals surface area contributed by atoms with Crippen LogP contribution in [0.1, 0.15) is 24.5 Å². The fourth-order valence-corrected chi connectivity index (χ4v) is 3.49. The zero-order chi connectivity index (χ0) is 17.7. The number of aliphatic hydroxyl groups is 1. The predicted octanol–water partition coefficient (Wildman–Crippen LogP) is 3.52. The monoisotopic (exact) mass is 349 g/mol. The molecule has 0 aromatic heterocycles. The third-order valence-corrected chi connectivity index (χ3v) is 4.56. The molecule has 130 valence electrons. The van der Waals surface area contributed by atoms with Crippen molar-refractivity contribution >= 4 is 11.6 Å². The van der Waals surface area contributed by atoms with E-state index in [1.165, 1.54) is 0 Å². The molecule has 0 aliphatic heterocycles. The summed E-state index contributed by atoms with van der Waals surface area (Å²) >= 11 is 6.40. The fraction of sp³-hybridized carbons (Fsp3) is 0.368. The predicted molar refractivity (Wildman–Crippen MR) is 96.9 cm³/mol. The maximum atomic E-state index is 9.79. The van der Waals surface area contributed by atoms with Crippen molar-refractivity contribution in [3.05, 3.63) is 58.6 Å². The van der Waals surface area contributed by atoms with Crippen LogP contribution in [0, 0.1) is 0 Å². The molecule has 0 saturated carbocycles. The van der Waals surface area contributed by atoms with Crippen molar-refractivity contribution in [3.8, 4) is 11.5 Å². The van der Waals surface area contributed by atoms with Gasteiger partial charge in [0.1, 0.15) is 6.23 Å². The molecular weight excluding hydrogens is 326 g/mol. The normalized spacial score (nSPS) is 14.8. The Morgan fingerprint density at radius 2 is 1.79 bits per heavy atom. The Labute approximate surface area is 148 Å². The van der Waals surface area contributed by atoms with Crippen LogP contribution in [0.15, 0.2) is 42.5 Å². The summed E-state index contributed by atoms with van der Waals surface area (Å²) in [4.78, 5) is 0. The van der Waals surface area contributed by atoms with Gasteiger partial charge in [-0.25, -0.2) is 0 Å². The Morgan fingerprint density at radius 3 is 2.38 bits per heavy atom. The van der Waals surface area contributed by atoms with Gasteiger partial charge in [-0.05, 0) is 42.2 Å². The minimum atomic E-state index is -0.925. The van der Waals surface area contributed by atoms with Gasteiger partial charge >= 0.3 is 0 Å². The fourth-order valence-electron chi connectivity index (χ4n) is 3.13. The lowest BCUT2D eigenvalue weighted by Gasteiger charge is -2.32. The second-order valence-electron chi connectivity index (χ2n) is 6.18. The van der Waals surface area contributed by atoms with Gasteiger partial charge in [-0.1, -0.05) is 42.8 Å². The third kappa shape index (κ3) is 4.20. The smallest absolute Gasteiger partial charge is 0.160 e. The molecule has 0 bridgehead atoms. The Hall–Kier alpha value is -1.75. The van der Waals surface area contributed by atoms with Crippen molar-refractivity contribution < 1.29 is 14.6 Å². The largest absolute Gasteiger partial charge is 0.493 e. The first-order chi connectivity index (χ1) is 11.4. The van der Waals surface area contributed by atoms with Crippen LogP contribution in [0.5, 0.6) is 11.5 Å². The average Bonchev–Trinajstić information content (AvgIpc) is 2.54. The topological polar surface area (TPSA) is 64.7 Å². The number of hydrogen-bond acceptors (Lipinski definition) is 4. The van der Waals surface area contributed by atoms with E-state index in [1.807, 2.05) is 42.5 Å². The highest BCUT2D eigenvalue weighted by molar-refractivity contribution is 6.31. The standard InChI is InChI=1S/C19H24ClNO3/c1-19(12-18(21)22,14-6-4-5-7-15(14)20)11-13-8-9-16(23-2)17(10-13)24-3/h4-10,18,22H,11-12,21H2,1-3H3/t18-,19?/m1/s1. The van der Waals surface area contributed by atoms with E-state index in [0.29, 0.717) is 29.4 Å². The van der Waals surface area contributed by atoms with Gasteiger partial charge in [-0.3, -0.25) is 0 Å². The Kier molecular flexibility index (Phi) is 6.10. The highest BCUT2D eigenvalue weighted by Crippen LogP contribution is 2.38. The van der Waals surface area contributed by atoms with Crippen molar-refractivity contribution in [2.75, 3.05) is 14.2 Å².